The molecule has 1 aliphatic rings. The first-order valence-electron chi connectivity index (χ1n) is 9.11. The Kier molecular flexibility index (Phi) is 7.04. The lowest BCUT2D eigenvalue weighted by atomic mass is 10.1. The summed E-state index contributed by atoms with van der Waals surface area (Å²) >= 11 is 22.4. The quantitative estimate of drug-likeness (QED) is 0.240. The average molecular weight is 551 g/mol. The van der Waals surface area contributed by atoms with Crippen LogP contribution < -0.4 is 9.64 Å². The molecule has 0 atom stereocenters. The van der Waals surface area contributed by atoms with E-state index >= 15 is 0 Å². The SMILES string of the molecule is O=C1/C(=C\c2cc(Cl)ccc2OCc2cccc(Cl)c2)SC(=S)N1c1ccc(Br)cc1. The van der Waals surface area contributed by atoms with Crippen LogP contribution in [0.5, 0.6) is 5.75 Å². The van der Waals surface area contributed by atoms with Gasteiger partial charge in [0.25, 0.3) is 5.91 Å². The van der Waals surface area contributed by atoms with Gasteiger partial charge in [0.1, 0.15) is 12.4 Å². The van der Waals surface area contributed by atoms with Crippen molar-refractivity contribution in [2.24, 2.45) is 0 Å². The Morgan fingerprint density at radius 3 is 2.52 bits per heavy atom. The van der Waals surface area contributed by atoms with E-state index in [2.05, 4.69) is 15.9 Å². The molecular formula is C23H14BrCl2NO2S2. The van der Waals surface area contributed by atoms with Gasteiger partial charge >= 0.3 is 0 Å². The summed E-state index contributed by atoms with van der Waals surface area (Å²) in [6.07, 6.45) is 1.76. The number of amides is 1. The van der Waals surface area contributed by atoms with Crippen molar-refractivity contribution in [3.05, 3.63) is 97.3 Å². The molecule has 3 nitrogen and oxygen atoms in total. The topological polar surface area (TPSA) is 29.5 Å². The zero-order valence-corrected chi connectivity index (χ0v) is 20.6. The number of hydrogen-bond donors (Lipinski definition) is 0. The number of carbonyl (C=O) groups is 1. The second-order valence-electron chi connectivity index (χ2n) is 6.59. The summed E-state index contributed by atoms with van der Waals surface area (Å²) in [5.41, 5.74) is 2.36. The number of thiocarbonyl (C=S) groups is 1. The Morgan fingerprint density at radius 1 is 1.03 bits per heavy atom. The molecule has 4 rings (SSSR count). The smallest absolute Gasteiger partial charge is 0.270 e. The van der Waals surface area contributed by atoms with Crippen molar-refractivity contribution in [2.75, 3.05) is 4.90 Å². The molecule has 31 heavy (non-hydrogen) atoms. The average Bonchev–Trinajstić information content (AvgIpc) is 3.01. The summed E-state index contributed by atoms with van der Waals surface area (Å²) in [5, 5.41) is 1.19. The number of anilines is 1. The zero-order valence-electron chi connectivity index (χ0n) is 15.8. The van der Waals surface area contributed by atoms with E-state index in [1.165, 1.54) is 16.7 Å². The molecule has 1 aliphatic heterocycles. The molecule has 3 aromatic carbocycles. The number of hydrogen-bond acceptors (Lipinski definition) is 4. The van der Waals surface area contributed by atoms with Crippen LogP contribution in [0, 0.1) is 0 Å². The summed E-state index contributed by atoms with van der Waals surface area (Å²) in [4.78, 5) is 15.1. The number of carbonyl (C=O) groups excluding carboxylic acids is 1. The van der Waals surface area contributed by atoms with E-state index in [0.29, 0.717) is 37.2 Å². The molecule has 156 valence electrons. The van der Waals surface area contributed by atoms with E-state index in [1.54, 1.807) is 24.3 Å². The van der Waals surface area contributed by atoms with Gasteiger partial charge in [0, 0.05) is 20.1 Å². The summed E-state index contributed by atoms with van der Waals surface area (Å²) < 4.78 is 7.40. The minimum absolute atomic E-state index is 0.182. The molecule has 0 unspecified atom stereocenters. The maximum absolute atomic E-state index is 13.1. The molecule has 0 bridgehead atoms. The summed E-state index contributed by atoms with van der Waals surface area (Å²) in [6, 6.07) is 20.2. The number of ether oxygens (including phenoxy) is 1. The van der Waals surface area contributed by atoms with Crippen LogP contribution >= 0.6 is 63.1 Å². The first kappa shape index (κ1) is 22.4. The minimum Gasteiger partial charge on any atom is -0.488 e. The molecule has 1 fully saturated rings. The number of benzene rings is 3. The Balaban J connectivity index is 1.60. The van der Waals surface area contributed by atoms with Crippen LogP contribution in [0.2, 0.25) is 10.0 Å². The van der Waals surface area contributed by atoms with Crippen molar-refractivity contribution in [1.29, 1.82) is 0 Å². The van der Waals surface area contributed by atoms with Crippen molar-refractivity contribution in [2.45, 2.75) is 6.61 Å². The Bertz CT molecular complexity index is 1200. The maximum atomic E-state index is 13.1. The molecule has 1 amide bonds. The van der Waals surface area contributed by atoms with Crippen LogP contribution in [-0.4, -0.2) is 10.2 Å². The van der Waals surface area contributed by atoms with E-state index in [4.69, 9.17) is 40.2 Å². The standard InChI is InChI=1S/C23H14BrCl2NO2S2/c24-16-4-7-19(8-5-16)27-22(28)21(31-23(27)30)12-15-11-18(26)6-9-20(15)29-13-14-2-1-3-17(25)10-14/h1-12H,13H2/b21-12+. The summed E-state index contributed by atoms with van der Waals surface area (Å²) in [5.74, 6) is 0.427. The van der Waals surface area contributed by atoms with Gasteiger partial charge in [-0.3, -0.25) is 9.69 Å². The first-order valence-corrected chi connectivity index (χ1v) is 11.9. The lowest BCUT2D eigenvalue weighted by Gasteiger charge is -2.14. The third-order valence-corrected chi connectivity index (χ3v) is 6.72. The maximum Gasteiger partial charge on any atom is 0.270 e. The minimum atomic E-state index is -0.182. The highest BCUT2D eigenvalue weighted by molar-refractivity contribution is 9.10. The first-order chi connectivity index (χ1) is 14.9. The Morgan fingerprint density at radius 2 is 1.77 bits per heavy atom. The van der Waals surface area contributed by atoms with Gasteiger partial charge in [-0.1, -0.05) is 75.2 Å². The Labute approximate surface area is 208 Å². The van der Waals surface area contributed by atoms with E-state index < -0.39 is 0 Å². The molecule has 0 N–H and O–H groups in total. The van der Waals surface area contributed by atoms with Crippen LogP contribution in [-0.2, 0) is 11.4 Å². The van der Waals surface area contributed by atoms with Gasteiger partial charge in [-0.15, -0.1) is 0 Å². The van der Waals surface area contributed by atoms with Crippen molar-refractivity contribution < 1.29 is 9.53 Å². The van der Waals surface area contributed by atoms with Gasteiger partial charge in [-0.2, -0.15) is 0 Å². The highest BCUT2D eigenvalue weighted by Gasteiger charge is 2.33. The molecule has 0 spiro atoms. The molecule has 0 aromatic heterocycles. The lowest BCUT2D eigenvalue weighted by molar-refractivity contribution is -0.113. The molecule has 1 saturated heterocycles. The van der Waals surface area contributed by atoms with E-state index in [9.17, 15) is 4.79 Å². The highest BCUT2D eigenvalue weighted by atomic mass is 79.9. The van der Waals surface area contributed by atoms with Crippen LogP contribution in [0.1, 0.15) is 11.1 Å². The summed E-state index contributed by atoms with van der Waals surface area (Å²) in [7, 11) is 0. The molecule has 0 aliphatic carbocycles. The van der Waals surface area contributed by atoms with Crippen molar-refractivity contribution in [3.8, 4) is 5.75 Å². The number of halogens is 3. The predicted octanol–water partition coefficient (Wildman–Crippen LogP) is 7.74. The number of thioether (sulfide) groups is 1. The highest BCUT2D eigenvalue weighted by Crippen LogP contribution is 2.38. The summed E-state index contributed by atoms with van der Waals surface area (Å²) in [6.45, 7) is 0.336. The molecule has 0 radical (unpaired) electrons. The monoisotopic (exact) mass is 549 g/mol. The van der Waals surface area contributed by atoms with Gasteiger partial charge in [-0.05, 0) is 66.2 Å². The van der Waals surface area contributed by atoms with Gasteiger partial charge < -0.3 is 4.74 Å². The van der Waals surface area contributed by atoms with Gasteiger partial charge in [-0.25, -0.2) is 0 Å². The zero-order chi connectivity index (χ0) is 22.0. The second-order valence-corrected chi connectivity index (χ2v) is 10.1. The van der Waals surface area contributed by atoms with Gasteiger partial charge in [0.2, 0.25) is 0 Å². The molecule has 0 saturated carbocycles. The number of rotatable bonds is 5. The third kappa shape index (κ3) is 5.33. The van der Waals surface area contributed by atoms with Crippen molar-refractivity contribution in [3.63, 3.8) is 0 Å². The lowest BCUT2D eigenvalue weighted by Crippen LogP contribution is -2.27. The van der Waals surface area contributed by atoms with Crippen LogP contribution in [0.15, 0.2) is 76.1 Å². The Hall–Kier alpha value is -1.83. The molecule has 1 heterocycles. The van der Waals surface area contributed by atoms with Crippen LogP contribution in [0.25, 0.3) is 6.08 Å². The molecular weight excluding hydrogens is 537 g/mol. The van der Waals surface area contributed by atoms with Gasteiger partial charge in [0.05, 0.1) is 10.6 Å². The largest absolute Gasteiger partial charge is 0.488 e. The fraction of sp³-hybridized carbons (Fsp3) is 0.0435. The predicted molar refractivity (Wildman–Crippen MR) is 137 cm³/mol. The van der Waals surface area contributed by atoms with Gasteiger partial charge in [0.15, 0.2) is 4.32 Å². The van der Waals surface area contributed by atoms with Crippen molar-refractivity contribution >= 4 is 85.1 Å². The second kappa shape index (κ2) is 9.76. The fourth-order valence-corrected chi connectivity index (χ4v) is 4.92. The van der Waals surface area contributed by atoms with E-state index in [-0.39, 0.29) is 5.91 Å². The van der Waals surface area contributed by atoms with Crippen molar-refractivity contribution in [1.82, 2.24) is 0 Å². The fourth-order valence-electron chi connectivity index (χ4n) is 2.97. The third-order valence-electron chi connectivity index (χ3n) is 4.42. The van der Waals surface area contributed by atoms with E-state index in [1.807, 2.05) is 48.5 Å². The normalized spacial score (nSPS) is 15.1. The molecule has 3 aromatic rings. The molecule has 8 heteroatoms. The van der Waals surface area contributed by atoms with Crippen LogP contribution in [0.4, 0.5) is 5.69 Å². The van der Waals surface area contributed by atoms with Crippen LogP contribution in [0.3, 0.4) is 0 Å². The number of nitrogens with zero attached hydrogens (tertiary/aromatic N) is 1. The van der Waals surface area contributed by atoms with E-state index in [0.717, 1.165) is 15.7 Å².